The Hall–Kier alpha value is 1.77. The fourth-order valence-corrected chi connectivity index (χ4v) is 0. The minimum Gasteiger partial charge on any atom is -0.840 e. The first-order valence-corrected chi connectivity index (χ1v) is 1.63. The van der Waals surface area contributed by atoms with Crippen LogP contribution in [0.4, 0.5) is 0 Å². The van der Waals surface area contributed by atoms with E-state index >= 15 is 0 Å². The molecule has 0 spiro atoms. The summed E-state index contributed by atoms with van der Waals surface area (Å²) in [5, 5.41) is 0. The van der Waals surface area contributed by atoms with Crippen molar-refractivity contribution < 1.29 is 60.6 Å². The van der Waals surface area contributed by atoms with Crippen LogP contribution in [0.5, 0.6) is 0 Å². The Kier molecular flexibility index (Phi) is 18.3. The Morgan fingerprint density at radius 1 is 1.80 bits per heavy atom. The summed E-state index contributed by atoms with van der Waals surface area (Å²) in [4.78, 5) is 9.10. The molecule has 0 fully saturated rings. The van der Waals surface area contributed by atoms with Crippen LogP contribution < -0.4 is 56.2 Å². The van der Waals surface area contributed by atoms with E-state index in [0.29, 0.717) is 0 Å². The van der Waals surface area contributed by atoms with Gasteiger partial charge in [-0.05, 0) is 0 Å². The van der Waals surface area contributed by atoms with Gasteiger partial charge in [-0.25, -0.2) is 0 Å². The van der Waals surface area contributed by atoms with E-state index in [2.05, 4.69) is 4.43 Å². The van der Waals surface area contributed by atoms with Crippen molar-refractivity contribution >= 4 is 10.0 Å². The van der Waals surface area contributed by atoms with Gasteiger partial charge in [-0.15, -0.1) is 0 Å². The molecule has 0 unspecified atom stereocenters. The molecule has 24 valence electrons. The zero-order valence-corrected chi connectivity index (χ0v) is 7.44. The maximum atomic E-state index is 9.10. The summed E-state index contributed by atoms with van der Waals surface area (Å²) >= 11 is 0. The van der Waals surface area contributed by atoms with Crippen molar-refractivity contribution in [2.24, 2.45) is 0 Å². The van der Waals surface area contributed by atoms with Crippen LogP contribution in [0.1, 0.15) is 0 Å². The molecule has 0 aromatic rings. The van der Waals surface area contributed by atoms with E-state index in [-0.39, 0.29) is 51.4 Å². The van der Waals surface area contributed by atoms with Crippen LogP contribution in [0, 0.1) is 0 Å². The molecule has 0 saturated heterocycles. The molecule has 0 aromatic heterocycles. The first-order valence-electron chi connectivity index (χ1n) is 0.816. The maximum Gasteiger partial charge on any atom is 1.00 e. The van der Waals surface area contributed by atoms with E-state index < -0.39 is 10.0 Å². The van der Waals surface area contributed by atoms with Crippen molar-refractivity contribution in [3.63, 3.8) is 0 Å². The molecule has 0 rings (SSSR count). The van der Waals surface area contributed by atoms with Gasteiger partial charge in [0.25, 0.3) is 0 Å². The molecule has 2 radical (unpaired) electrons. The van der Waals surface area contributed by atoms with E-state index in [1.165, 1.54) is 7.11 Å². The van der Waals surface area contributed by atoms with E-state index in [4.69, 9.17) is 4.80 Å². The summed E-state index contributed by atoms with van der Waals surface area (Å²) in [5.41, 5.74) is 0. The van der Waals surface area contributed by atoms with Crippen molar-refractivity contribution in [2.45, 2.75) is 0 Å². The molecule has 0 amide bonds. The Labute approximate surface area is 76.4 Å². The minimum atomic E-state index is -0.610. The summed E-state index contributed by atoms with van der Waals surface area (Å²) in [5.74, 6) is 0. The molecule has 4 heteroatoms. The fourth-order valence-electron chi connectivity index (χ4n) is 0. The summed E-state index contributed by atoms with van der Waals surface area (Å²) in [6.07, 6.45) is 0. The first kappa shape index (κ1) is 9.91. The number of rotatable bonds is 1. The largest absolute Gasteiger partial charge is 1.00 e. The maximum absolute atomic E-state index is 9.10. The molecule has 0 aromatic carbocycles. The quantitative estimate of drug-likeness (QED) is 0.322. The molecule has 0 saturated carbocycles. The van der Waals surface area contributed by atoms with Gasteiger partial charge < -0.3 is 9.22 Å². The molecule has 2 nitrogen and oxygen atoms in total. The Bertz CT molecular complexity index is 11.6. The van der Waals surface area contributed by atoms with Gasteiger partial charge in [0.1, 0.15) is 10.0 Å². The van der Waals surface area contributed by atoms with Gasteiger partial charge in [0.15, 0.2) is 0 Å². The van der Waals surface area contributed by atoms with Crippen LogP contribution >= 0.6 is 0 Å². The SMILES string of the molecule is CO[Si][O-].[K+]. The molecule has 0 bridgehead atoms. The van der Waals surface area contributed by atoms with E-state index in [1.807, 2.05) is 0 Å². The predicted octanol–water partition coefficient (Wildman–Crippen LogP) is -4.47. The normalized spacial score (nSPS) is 6.00. The van der Waals surface area contributed by atoms with Gasteiger partial charge in [-0.1, -0.05) is 0 Å². The molecule has 0 N–H and O–H groups in total. The molecule has 5 heavy (non-hydrogen) atoms. The molecule has 0 aliphatic carbocycles. The second-order valence-electron chi connectivity index (χ2n) is 0.287. The van der Waals surface area contributed by atoms with Crippen molar-refractivity contribution in [3.8, 4) is 0 Å². The third kappa shape index (κ3) is 10.7. The minimum absolute atomic E-state index is 0. The van der Waals surface area contributed by atoms with Crippen molar-refractivity contribution in [1.29, 1.82) is 0 Å². The summed E-state index contributed by atoms with van der Waals surface area (Å²) in [6.45, 7) is 0. The number of hydrogen-bond acceptors (Lipinski definition) is 2. The van der Waals surface area contributed by atoms with Gasteiger partial charge in [-0.2, -0.15) is 0 Å². The standard InChI is InChI=1S/CH3O2Si.K/c1-3-4-2;/h1H3;/q-1;+1. The van der Waals surface area contributed by atoms with Crippen LogP contribution in [0.3, 0.4) is 0 Å². The second-order valence-corrected chi connectivity index (χ2v) is 0.862. The zero-order valence-electron chi connectivity index (χ0n) is 3.32. The monoisotopic (exact) mass is 114 g/mol. The van der Waals surface area contributed by atoms with Crippen molar-refractivity contribution in [1.82, 2.24) is 0 Å². The van der Waals surface area contributed by atoms with Crippen molar-refractivity contribution in [3.05, 3.63) is 0 Å². The van der Waals surface area contributed by atoms with Crippen LogP contribution in [0.25, 0.3) is 0 Å². The van der Waals surface area contributed by atoms with E-state index in [9.17, 15) is 0 Å². The predicted molar refractivity (Wildman–Crippen MR) is 12.8 cm³/mol. The second kappa shape index (κ2) is 9.24. The molecule has 0 atom stereocenters. The summed E-state index contributed by atoms with van der Waals surface area (Å²) < 4.78 is 4.01. The third-order valence-electron chi connectivity index (χ3n) is 0.0833. The summed E-state index contributed by atoms with van der Waals surface area (Å²) in [7, 11) is 0.771. The third-order valence-corrected chi connectivity index (χ3v) is 0.250. The molecule has 0 heterocycles. The van der Waals surface area contributed by atoms with Crippen LogP contribution in [-0.4, -0.2) is 17.1 Å². The van der Waals surface area contributed by atoms with Gasteiger partial charge in [0, 0.05) is 7.11 Å². The Morgan fingerprint density at radius 2 is 2.00 bits per heavy atom. The van der Waals surface area contributed by atoms with Gasteiger partial charge in [0.05, 0.1) is 0 Å². The van der Waals surface area contributed by atoms with Crippen LogP contribution in [0.15, 0.2) is 0 Å². The molecular weight excluding hydrogens is 111 g/mol. The fraction of sp³-hybridized carbons (Fsp3) is 1.00. The topological polar surface area (TPSA) is 32.3 Å². The van der Waals surface area contributed by atoms with Gasteiger partial charge >= 0.3 is 51.4 Å². The van der Waals surface area contributed by atoms with Gasteiger partial charge in [0.2, 0.25) is 0 Å². The van der Waals surface area contributed by atoms with E-state index in [0.717, 1.165) is 0 Å². The number of hydrogen-bond donors (Lipinski definition) is 0. The summed E-state index contributed by atoms with van der Waals surface area (Å²) in [6, 6.07) is 0. The van der Waals surface area contributed by atoms with Crippen LogP contribution in [0.2, 0.25) is 0 Å². The zero-order chi connectivity index (χ0) is 3.41. The van der Waals surface area contributed by atoms with E-state index in [1.54, 1.807) is 0 Å². The average molecular weight is 114 g/mol. The molecule has 0 aliphatic heterocycles. The average Bonchev–Trinajstić information content (AvgIpc) is 1.37. The smallest absolute Gasteiger partial charge is 0.840 e. The van der Waals surface area contributed by atoms with Crippen molar-refractivity contribution in [2.75, 3.05) is 7.11 Å². The van der Waals surface area contributed by atoms with Gasteiger partial charge in [-0.3, -0.25) is 0 Å². The molecular formula is CH3KO2Si. The first-order chi connectivity index (χ1) is 1.91. The Morgan fingerprint density at radius 3 is 2.00 bits per heavy atom. The van der Waals surface area contributed by atoms with Crippen LogP contribution in [-0.2, 0) is 4.43 Å². The Balaban J connectivity index is 0. The molecule has 0 aliphatic rings.